The second-order valence-electron chi connectivity index (χ2n) is 4.13. The SMILES string of the molecule is CC(C)(C)COc1cn[nH]c(=O)c1. The molecule has 0 radical (unpaired) electrons. The number of nitrogens with one attached hydrogen (secondary N) is 1. The van der Waals surface area contributed by atoms with Crippen LogP contribution in [0.5, 0.6) is 5.75 Å². The maximum Gasteiger partial charge on any atom is 0.267 e. The fraction of sp³-hybridized carbons (Fsp3) is 0.556. The summed E-state index contributed by atoms with van der Waals surface area (Å²) >= 11 is 0. The topological polar surface area (TPSA) is 55.0 Å². The summed E-state index contributed by atoms with van der Waals surface area (Å²) in [5.41, 5.74) is -0.158. The average molecular weight is 182 g/mol. The molecule has 0 saturated heterocycles. The van der Waals surface area contributed by atoms with Gasteiger partial charge in [-0.2, -0.15) is 5.10 Å². The van der Waals surface area contributed by atoms with E-state index in [2.05, 4.69) is 31.0 Å². The van der Waals surface area contributed by atoms with E-state index in [9.17, 15) is 4.79 Å². The molecule has 0 bridgehead atoms. The third kappa shape index (κ3) is 3.73. The fourth-order valence-electron chi connectivity index (χ4n) is 0.737. The van der Waals surface area contributed by atoms with Gasteiger partial charge < -0.3 is 4.74 Å². The largest absolute Gasteiger partial charge is 0.491 e. The summed E-state index contributed by atoms with van der Waals surface area (Å²) in [7, 11) is 0. The molecular weight excluding hydrogens is 168 g/mol. The normalized spacial score (nSPS) is 11.3. The molecule has 0 aromatic carbocycles. The standard InChI is InChI=1S/C9H14N2O2/c1-9(2,3)6-13-7-4-8(12)11-10-5-7/h4-5H,6H2,1-3H3,(H,11,12). The smallest absolute Gasteiger partial charge is 0.267 e. The van der Waals surface area contributed by atoms with Gasteiger partial charge in [-0.05, 0) is 5.41 Å². The summed E-state index contributed by atoms with van der Waals surface area (Å²) < 4.78 is 5.37. The van der Waals surface area contributed by atoms with Crippen LogP contribution in [0.15, 0.2) is 17.1 Å². The van der Waals surface area contributed by atoms with Crippen molar-refractivity contribution < 1.29 is 4.74 Å². The third-order valence-corrected chi connectivity index (χ3v) is 1.31. The Balaban J connectivity index is 2.60. The zero-order chi connectivity index (χ0) is 9.90. The van der Waals surface area contributed by atoms with Gasteiger partial charge in [0.05, 0.1) is 12.8 Å². The lowest BCUT2D eigenvalue weighted by atomic mass is 9.99. The van der Waals surface area contributed by atoms with Gasteiger partial charge in [-0.3, -0.25) is 4.79 Å². The van der Waals surface area contributed by atoms with Gasteiger partial charge in [0.15, 0.2) is 0 Å². The van der Waals surface area contributed by atoms with Crippen molar-refractivity contribution in [3.63, 3.8) is 0 Å². The van der Waals surface area contributed by atoms with Crippen LogP contribution >= 0.6 is 0 Å². The van der Waals surface area contributed by atoms with Crippen molar-refractivity contribution in [1.29, 1.82) is 0 Å². The Morgan fingerprint density at radius 1 is 1.54 bits per heavy atom. The van der Waals surface area contributed by atoms with Crippen molar-refractivity contribution in [2.24, 2.45) is 5.41 Å². The van der Waals surface area contributed by atoms with Gasteiger partial charge in [0.2, 0.25) is 0 Å². The summed E-state index contributed by atoms with van der Waals surface area (Å²) in [5, 5.41) is 5.91. The Morgan fingerprint density at radius 2 is 2.23 bits per heavy atom. The molecule has 4 heteroatoms. The van der Waals surface area contributed by atoms with Crippen molar-refractivity contribution in [2.45, 2.75) is 20.8 Å². The van der Waals surface area contributed by atoms with Crippen LogP contribution in [0.2, 0.25) is 0 Å². The van der Waals surface area contributed by atoms with E-state index < -0.39 is 0 Å². The monoisotopic (exact) mass is 182 g/mol. The fourth-order valence-corrected chi connectivity index (χ4v) is 0.737. The highest BCUT2D eigenvalue weighted by Crippen LogP contribution is 2.15. The molecule has 0 amide bonds. The van der Waals surface area contributed by atoms with E-state index in [0.29, 0.717) is 12.4 Å². The van der Waals surface area contributed by atoms with E-state index in [1.165, 1.54) is 12.3 Å². The average Bonchev–Trinajstić information content (AvgIpc) is 2.00. The van der Waals surface area contributed by atoms with Gasteiger partial charge in [-0.25, -0.2) is 5.10 Å². The Morgan fingerprint density at radius 3 is 2.77 bits per heavy atom. The van der Waals surface area contributed by atoms with E-state index in [1.54, 1.807) is 0 Å². The molecule has 1 aromatic rings. The van der Waals surface area contributed by atoms with Crippen molar-refractivity contribution in [2.75, 3.05) is 6.61 Å². The highest BCUT2D eigenvalue weighted by atomic mass is 16.5. The van der Waals surface area contributed by atoms with Crippen LogP contribution in [-0.2, 0) is 0 Å². The molecule has 0 atom stereocenters. The number of nitrogens with zero attached hydrogens (tertiary/aromatic N) is 1. The minimum absolute atomic E-state index is 0.0859. The first-order chi connectivity index (χ1) is 5.97. The molecule has 72 valence electrons. The molecule has 4 nitrogen and oxygen atoms in total. The maximum absolute atomic E-state index is 10.8. The van der Waals surface area contributed by atoms with E-state index in [1.807, 2.05) is 0 Å². The Hall–Kier alpha value is -1.32. The van der Waals surface area contributed by atoms with Gasteiger partial charge in [0.25, 0.3) is 5.56 Å². The molecule has 0 fully saturated rings. The lowest BCUT2D eigenvalue weighted by Crippen LogP contribution is -2.18. The van der Waals surface area contributed by atoms with Gasteiger partial charge in [-0.15, -0.1) is 0 Å². The first-order valence-corrected chi connectivity index (χ1v) is 4.15. The van der Waals surface area contributed by atoms with E-state index in [-0.39, 0.29) is 11.0 Å². The van der Waals surface area contributed by atoms with Crippen LogP contribution in [0.25, 0.3) is 0 Å². The predicted molar refractivity (Wildman–Crippen MR) is 49.8 cm³/mol. The summed E-state index contributed by atoms with van der Waals surface area (Å²) in [5.74, 6) is 0.513. The number of hydrogen-bond acceptors (Lipinski definition) is 3. The summed E-state index contributed by atoms with van der Waals surface area (Å²) in [6, 6.07) is 1.39. The van der Waals surface area contributed by atoms with Gasteiger partial charge in [0.1, 0.15) is 5.75 Å². The molecule has 1 heterocycles. The molecular formula is C9H14N2O2. The second-order valence-corrected chi connectivity index (χ2v) is 4.13. The molecule has 0 aliphatic carbocycles. The number of ether oxygens (including phenoxy) is 1. The third-order valence-electron chi connectivity index (χ3n) is 1.31. The second kappa shape index (κ2) is 3.60. The van der Waals surface area contributed by atoms with Crippen LogP contribution in [0.1, 0.15) is 20.8 Å². The number of aromatic nitrogens is 2. The lowest BCUT2D eigenvalue weighted by Gasteiger charge is -2.18. The molecule has 1 aromatic heterocycles. The maximum atomic E-state index is 10.8. The van der Waals surface area contributed by atoms with Gasteiger partial charge in [0, 0.05) is 6.07 Å². The van der Waals surface area contributed by atoms with Gasteiger partial charge >= 0.3 is 0 Å². The zero-order valence-corrected chi connectivity index (χ0v) is 8.13. The number of H-pyrrole nitrogens is 1. The summed E-state index contributed by atoms with van der Waals surface area (Å²) in [6.45, 7) is 6.76. The van der Waals surface area contributed by atoms with E-state index in [0.717, 1.165) is 0 Å². The quantitative estimate of drug-likeness (QED) is 0.747. The molecule has 13 heavy (non-hydrogen) atoms. The van der Waals surface area contributed by atoms with Crippen LogP contribution in [0, 0.1) is 5.41 Å². The number of aromatic amines is 1. The van der Waals surface area contributed by atoms with Crippen molar-refractivity contribution in [1.82, 2.24) is 10.2 Å². The van der Waals surface area contributed by atoms with Crippen LogP contribution < -0.4 is 10.3 Å². The Labute approximate surface area is 76.9 Å². The predicted octanol–water partition coefficient (Wildman–Crippen LogP) is 1.19. The van der Waals surface area contributed by atoms with Crippen molar-refractivity contribution >= 4 is 0 Å². The molecule has 1 N–H and O–H groups in total. The highest BCUT2D eigenvalue weighted by molar-refractivity contribution is 5.12. The number of rotatable bonds is 2. The van der Waals surface area contributed by atoms with E-state index in [4.69, 9.17) is 4.74 Å². The first-order valence-electron chi connectivity index (χ1n) is 4.15. The molecule has 0 aliphatic heterocycles. The minimum Gasteiger partial charge on any atom is -0.491 e. The molecule has 1 rings (SSSR count). The minimum atomic E-state index is -0.244. The summed E-state index contributed by atoms with van der Waals surface area (Å²) in [4.78, 5) is 10.8. The van der Waals surface area contributed by atoms with Crippen LogP contribution in [0.4, 0.5) is 0 Å². The molecule has 0 aliphatic rings. The zero-order valence-electron chi connectivity index (χ0n) is 8.13. The number of hydrogen-bond donors (Lipinski definition) is 1. The summed E-state index contributed by atoms with van der Waals surface area (Å²) in [6.07, 6.45) is 1.49. The highest BCUT2D eigenvalue weighted by Gasteiger charge is 2.10. The first kappa shape index (κ1) is 9.77. The molecule has 0 unspecified atom stereocenters. The van der Waals surface area contributed by atoms with Crippen LogP contribution in [-0.4, -0.2) is 16.8 Å². The Kier molecular flexibility index (Phi) is 2.70. The van der Waals surface area contributed by atoms with Gasteiger partial charge in [-0.1, -0.05) is 20.8 Å². The molecule has 0 saturated carbocycles. The molecule has 0 spiro atoms. The van der Waals surface area contributed by atoms with E-state index >= 15 is 0 Å². The van der Waals surface area contributed by atoms with Crippen LogP contribution in [0.3, 0.4) is 0 Å². The Bertz CT molecular complexity index is 325. The van der Waals surface area contributed by atoms with Crippen molar-refractivity contribution in [3.8, 4) is 5.75 Å². The lowest BCUT2D eigenvalue weighted by molar-refractivity contribution is 0.197. The van der Waals surface area contributed by atoms with Crippen molar-refractivity contribution in [3.05, 3.63) is 22.6 Å².